The number of hydrogen-bond donors (Lipinski definition) is 2. The first kappa shape index (κ1) is 9.73. The summed E-state index contributed by atoms with van der Waals surface area (Å²) in [5, 5.41) is 12.2. The highest BCUT2D eigenvalue weighted by Gasteiger charge is 1.97. The summed E-state index contributed by atoms with van der Waals surface area (Å²) >= 11 is 0. The molecular formula is C11H12N2O2. The van der Waals surface area contributed by atoms with Crippen molar-refractivity contribution < 1.29 is 9.52 Å². The fraction of sp³-hybridized carbons (Fsp3) is 0.182. The minimum Gasteiger partial charge on any atom is -0.506 e. The van der Waals surface area contributed by atoms with Crippen LogP contribution in [0.25, 0.3) is 0 Å². The molecule has 2 aromatic heterocycles. The Morgan fingerprint density at radius 2 is 2.20 bits per heavy atom. The average Bonchev–Trinajstić information content (AvgIpc) is 2.74. The van der Waals surface area contributed by atoms with E-state index in [0.29, 0.717) is 13.1 Å². The standard InChI is InChI=1S/C11H12N2O2/c14-10-4-3-9(13-7-10)6-12-8-11-2-1-5-15-11/h1-5,7,12,14H,6,8H2. The van der Waals surface area contributed by atoms with Gasteiger partial charge in [-0.25, -0.2) is 0 Å². The van der Waals surface area contributed by atoms with Gasteiger partial charge in [-0.1, -0.05) is 0 Å². The highest BCUT2D eigenvalue weighted by atomic mass is 16.3. The Bertz CT molecular complexity index is 395. The lowest BCUT2D eigenvalue weighted by molar-refractivity contribution is 0.469. The van der Waals surface area contributed by atoms with Gasteiger partial charge in [0.05, 0.1) is 24.7 Å². The normalized spacial score (nSPS) is 10.4. The largest absolute Gasteiger partial charge is 0.506 e. The van der Waals surface area contributed by atoms with Crippen molar-refractivity contribution >= 4 is 0 Å². The zero-order valence-electron chi connectivity index (χ0n) is 8.18. The molecule has 0 unspecified atom stereocenters. The van der Waals surface area contributed by atoms with Crippen molar-refractivity contribution in [3.63, 3.8) is 0 Å². The molecule has 2 heterocycles. The molecule has 0 aliphatic heterocycles. The van der Waals surface area contributed by atoms with Gasteiger partial charge in [0.2, 0.25) is 0 Å². The van der Waals surface area contributed by atoms with E-state index >= 15 is 0 Å². The third-order valence-corrected chi connectivity index (χ3v) is 1.99. The molecule has 78 valence electrons. The monoisotopic (exact) mass is 204 g/mol. The number of nitrogens with zero attached hydrogens (tertiary/aromatic N) is 1. The molecule has 0 saturated heterocycles. The van der Waals surface area contributed by atoms with Gasteiger partial charge in [0.25, 0.3) is 0 Å². The van der Waals surface area contributed by atoms with Crippen molar-refractivity contribution in [1.82, 2.24) is 10.3 Å². The smallest absolute Gasteiger partial charge is 0.133 e. The number of aromatic nitrogens is 1. The van der Waals surface area contributed by atoms with Gasteiger partial charge in [-0.3, -0.25) is 4.98 Å². The average molecular weight is 204 g/mol. The van der Waals surface area contributed by atoms with Gasteiger partial charge < -0.3 is 14.8 Å². The number of nitrogens with one attached hydrogen (secondary N) is 1. The number of hydrogen-bond acceptors (Lipinski definition) is 4. The molecule has 4 nitrogen and oxygen atoms in total. The maximum absolute atomic E-state index is 9.03. The molecule has 2 N–H and O–H groups in total. The Morgan fingerprint density at radius 3 is 2.87 bits per heavy atom. The summed E-state index contributed by atoms with van der Waals surface area (Å²) in [7, 11) is 0. The SMILES string of the molecule is Oc1ccc(CNCc2ccco2)nc1. The fourth-order valence-corrected chi connectivity index (χ4v) is 1.25. The van der Waals surface area contributed by atoms with E-state index in [-0.39, 0.29) is 5.75 Å². The van der Waals surface area contributed by atoms with Gasteiger partial charge in [-0.2, -0.15) is 0 Å². The molecule has 0 amide bonds. The van der Waals surface area contributed by atoms with Crippen molar-refractivity contribution in [2.75, 3.05) is 0 Å². The van der Waals surface area contributed by atoms with Crippen LogP contribution in [0.1, 0.15) is 11.5 Å². The van der Waals surface area contributed by atoms with E-state index < -0.39 is 0 Å². The molecule has 15 heavy (non-hydrogen) atoms. The zero-order valence-corrected chi connectivity index (χ0v) is 8.18. The van der Waals surface area contributed by atoms with Crippen molar-refractivity contribution in [3.8, 4) is 5.75 Å². The second-order valence-electron chi connectivity index (χ2n) is 3.19. The molecule has 0 fully saturated rings. The lowest BCUT2D eigenvalue weighted by Crippen LogP contribution is -2.12. The van der Waals surface area contributed by atoms with E-state index in [9.17, 15) is 0 Å². The van der Waals surface area contributed by atoms with Gasteiger partial charge in [0.15, 0.2) is 0 Å². The summed E-state index contributed by atoms with van der Waals surface area (Å²) in [5.41, 5.74) is 0.888. The van der Waals surface area contributed by atoms with Crippen LogP contribution in [0.4, 0.5) is 0 Å². The molecule has 0 atom stereocenters. The number of rotatable bonds is 4. The van der Waals surface area contributed by atoms with Crippen LogP contribution in [0.5, 0.6) is 5.75 Å². The molecule has 0 aliphatic rings. The first-order valence-corrected chi connectivity index (χ1v) is 4.71. The number of pyridine rings is 1. The predicted octanol–water partition coefficient (Wildman–Crippen LogP) is 1.67. The van der Waals surface area contributed by atoms with Crippen LogP contribution in [0.3, 0.4) is 0 Å². The van der Waals surface area contributed by atoms with Crippen LogP contribution in [-0.2, 0) is 13.1 Å². The quantitative estimate of drug-likeness (QED) is 0.795. The van der Waals surface area contributed by atoms with Crippen LogP contribution in [0.2, 0.25) is 0 Å². The van der Waals surface area contributed by atoms with E-state index in [0.717, 1.165) is 11.5 Å². The summed E-state index contributed by atoms with van der Waals surface area (Å²) in [6.07, 6.45) is 3.08. The maximum Gasteiger partial charge on any atom is 0.133 e. The van der Waals surface area contributed by atoms with Gasteiger partial charge in [0, 0.05) is 6.54 Å². The van der Waals surface area contributed by atoms with E-state index in [4.69, 9.17) is 9.52 Å². The molecule has 0 spiro atoms. The summed E-state index contributed by atoms with van der Waals surface area (Å²) < 4.78 is 5.17. The predicted molar refractivity (Wildman–Crippen MR) is 55.2 cm³/mol. The summed E-state index contributed by atoms with van der Waals surface area (Å²) in [5.74, 6) is 1.08. The Hall–Kier alpha value is -1.81. The molecule has 2 rings (SSSR count). The van der Waals surface area contributed by atoms with E-state index in [1.54, 1.807) is 18.4 Å². The van der Waals surface area contributed by atoms with Crippen molar-refractivity contribution in [1.29, 1.82) is 0 Å². The van der Waals surface area contributed by atoms with Crippen LogP contribution in [0, 0.1) is 0 Å². The molecule has 0 aromatic carbocycles. The van der Waals surface area contributed by atoms with E-state index in [1.165, 1.54) is 6.20 Å². The number of furan rings is 1. The Labute approximate surface area is 87.6 Å². The third-order valence-electron chi connectivity index (χ3n) is 1.99. The highest BCUT2D eigenvalue weighted by Crippen LogP contribution is 2.06. The maximum atomic E-state index is 9.03. The lowest BCUT2D eigenvalue weighted by atomic mass is 10.3. The molecule has 2 aromatic rings. The van der Waals surface area contributed by atoms with E-state index in [2.05, 4.69) is 10.3 Å². The molecule has 0 aliphatic carbocycles. The minimum atomic E-state index is 0.185. The molecule has 4 heteroatoms. The first-order valence-electron chi connectivity index (χ1n) is 4.71. The second kappa shape index (κ2) is 4.61. The minimum absolute atomic E-state index is 0.185. The third kappa shape index (κ3) is 2.82. The van der Waals surface area contributed by atoms with Crippen molar-refractivity contribution in [2.45, 2.75) is 13.1 Å². The van der Waals surface area contributed by atoms with Gasteiger partial charge in [-0.05, 0) is 24.3 Å². The highest BCUT2D eigenvalue weighted by molar-refractivity contribution is 5.17. The summed E-state index contributed by atoms with van der Waals surface area (Å²) in [6, 6.07) is 7.18. The molecular weight excluding hydrogens is 192 g/mol. The number of aromatic hydroxyl groups is 1. The van der Waals surface area contributed by atoms with Crippen LogP contribution >= 0.6 is 0 Å². The van der Waals surface area contributed by atoms with E-state index in [1.807, 2.05) is 12.1 Å². The topological polar surface area (TPSA) is 58.3 Å². The van der Waals surface area contributed by atoms with Gasteiger partial charge in [-0.15, -0.1) is 0 Å². The lowest BCUT2D eigenvalue weighted by Gasteiger charge is -2.01. The van der Waals surface area contributed by atoms with Gasteiger partial charge >= 0.3 is 0 Å². The fourth-order valence-electron chi connectivity index (χ4n) is 1.25. The Kier molecular flexibility index (Phi) is 2.99. The van der Waals surface area contributed by atoms with Crippen LogP contribution in [-0.4, -0.2) is 10.1 Å². The zero-order chi connectivity index (χ0) is 10.5. The molecule has 0 saturated carbocycles. The molecule has 0 radical (unpaired) electrons. The summed E-state index contributed by atoms with van der Waals surface area (Å²) in [6.45, 7) is 1.33. The van der Waals surface area contributed by atoms with Gasteiger partial charge in [0.1, 0.15) is 11.5 Å². The van der Waals surface area contributed by atoms with Crippen LogP contribution < -0.4 is 5.32 Å². The molecule has 0 bridgehead atoms. The van der Waals surface area contributed by atoms with Crippen molar-refractivity contribution in [2.24, 2.45) is 0 Å². The van der Waals surface area contributed by atoms with Crippen molar-refractivity contribution in [3.05, 3.63) is 48.2 Å². The Morgan fingerprint density at radius 1 is 1.27 bits per heavy atom. The Balaban J connectivity index is 1.81. The summed E-state index contributed by atoms with van der Waals surface area (Å²) in [4.78, 5) is 4.05. The second-order valence-corrected chi connectivity index (χ2v) is 3.19. The first-order chi connectivity index (χ1) is 7.34. The van der Waals surface area contributed by atoms with Crippen LogP contribution in [0.15, 0.2) is 41.1 Å².